The van der Waals surface area contributed by atoms with Gasteiger partial charge in [-0.15, -0.1) is 0 Å². The second kappa shape index (κ2) is 8.09. The van der Waals surface area contributed by atoms with Crippen LogP contribution < -0.4 is 5.32 Å². The average molecular weight is 308 g/mol. The van der Waals surface area contributed by atoms with Crippen LogP contribution in [0.4, 0.5) is 0 Å². The SMILES string of the molecule is CNC(CS(=O)C1CCCC1)c1ccc(CC(C)C)cc1. The summed E-state index contributed by atoms with van der Waals surface area (Å²) >= 11 is 0. The molecule has 0 heterocycles. The molecule has 1 fully saturated rings. The van der Waals surface area contributed by atoms with Crippen molar-refractivity contribution in [3.63, 3.8) is 0 Å². The van der Waals surface area contributed by atoms with E-state index in [9.17, 15) is 4.21 Å². The fraction of sp³-hybridized carbons (Fsp3) is 0.667. The summed E-state index contributed by atoms with van der Waals surface area (Å²) < 4.78 is 12.5. The summed E-state index contributed by atoms with van der Waals surface area (Å²) in [6, 6.07) is 9.05. The summed E-state index contributed by atoms with van der Waals surface area (Å²) in [5, 5.41) is 3.77. The average Bonchev–Trinajstić information content (AvgIpc) is 2.99. The van der Waals surface area contributed by atoms with Gasteiger partial charge < -0.3 is 5.32 Å². The Bertz CT molecular complexity index is 449. The maximum Gasteiger partial charge on any atom is 0.0434 e. The first-order valence-corrected chi connectivity index (χ1v) is 9.61. The van der Waals surface area contributed by atoms with E-state index in [0.29, 0.717) is 11.2 Å². The maximum absolute atomic E-state index is 12.5. The Morgan fingerprint density at radius 1 is 1.19 bits per heavy atom. The molecule has 2 nitrogen and oxygen atoms in total. The highest BCUT2D eigenvalue weighted by Crippen LogP contribution is 2.25. The molecule has 1 aliphatic rings. The van der Waals surface area contributed by atoms with E-state index in [1.54, 1.807) is 0 Å². The molecule has 0 aromatic heterocycles. The van der Waals surface area contributed by atoms with Gasteiger partial charge in [0.05, 0.1) is 0 Å². The zero-order valence-electron chi connectivity index (χ0n) is 13.6. The second-order valence-electron chi connectivity index (χ2n) is 6.63. The van der Waals surface area contributed by atoms with Gasteiger partial charge in [0.1, 0.15) is 0 Å². The predicted molar refractivity (Wildman–Crippen MR) is 92.1 cm³/mol. The van der Waals surface area contributed by atoms with Crippen molar-refractivity contribution in [3.8, 4) is 0 Å². The standard InChI is InChI=1S/C18H29NOS/c1-14(2)12-15-8-10-16(11-9-15)18(19-3)13-21(20)17-6-4-5-7-17/h8-11,14,17-19H,4-7,12-13H2,1-3H3. The molecule has 0 spiro atoms. The van der Waals surface area contributed by atoms with Crippen molar-refractivity contribution in [1.29, 1.82) is 0 Å². The van der Waals surface area contributed by atoms with E-state index >= 15 is 0 Å². The van der Waals surface area contributed by atoms with Crippen LogP contribution in [-0.4, -0.2) is 22.3 Å². The third-order valence-corrected chi connectivity index (χ3v) is 6.26. The molecule has 2 unspecified atom stereocenters. The zero-order chi connectivity index (χ0) is 15.2. The molecule has 1 aromatic rings. The Hall–Kier alpha value is -0.670. The minimum Gasteiger partial charge on any atom is -0.312 e. The molecule has 2 rings (SSSR count). The van der Waals surface area contributed by atoms with Crippen LogP contribution in [-0.2, 0) is 17.2 Å². The molecule has 0 saturated heterocycles. The lowest BCUT2D eigenvalue weighted by Crippen LogP contribution is -2.26. The van der Waals surface area contributed by atoms with Crippen molar-refractivity contribution < 1.29 is 4.21 Å². The van der Waals surface area contributed by atoms with Crippen LogP contribution in [0.1, 0.15) is 56.7 Å². The van der Waals surface area contributed by atoms with Gasteiger partial charge in [0.15, 0.2) is 0 Å². The maximum atomic E-state index is 12.5. The number of rotatable bonds is 7. The normalized spacial score (nSPS) is 19.0. The highest BCUT2D eigenvalue weighted by atomic mass is 32.2. The third-order valence-electron chi connectivity index (χ3n) is 4.38. The summed E-state index contributed by atoms with van der Waals surface area (Å²) in [6.45, 7) is 4.49. The van der Waals surface area contributed by atoms with Gasteiger partial charge in [-0.25, -0.2) is 0 Å². The molecule has 21 heavy (non-hydrogen) atoms. The van der Waals surface area contributed by atoms with Crippen molar-refractivity contribution in [2.24, 2.45) is 5.92 Å². The molecule has 0 radical (unpaired) electrons. The predicted octanol–water partition coefficient (Wildman–Crippen LogP) is 3.84. The minimum atomic E-state index is -0.703. The van der Waals surface area contributed by atoms with E-state index in [0.717, 1.165) is 25.0 Å². The molecular formula is C18H29NOS. The van der Waals surface area contributed by atoms with E-state index in [4.69, 9.17) is 0 Å². The Labute approximate surface area is 132 Å². The van der Waals surface area contributed by atoms with E-state index in [1.807, 2.05) is 7.05 Å². The fourth-order valence-electron chi connectivity index (χ4n) is 3.16. The number of nitrogens with one attached hydrogen (secondary N) is 1. The van der Waals surface area contributed by atoms with Crippen molar-refractivity contribution in [2.75, 3.05) is 12.8 Å². The van der Waals surface area contributed by atoms with Crippen LogP contribution in [0.15, 0.2) is 24.3 Å². The smallest absolute Gasteiger partial charge is 0.0434 e. The minimum absolute atomic E-state index is 0.208. The monoisotopic (exact) mass is 307 g/mol. The van der Waals surface area contributed by atoms with Gasteiger partial charge in [0.2, 0.25) is 0 Å². The molecule has 0 bridgehead atoms. The lowest BCUT2D eigenvalue weighted by Gasteiger charge is -2.19. The van der Waals surface area contributed by atoms with E-state index in [-0.39, 0.29) is 6.04 Å². The molecule has 3 heteroatoms. The molecule has 1 aromatic carbocycles. The summed E-state index contributed by atoms with van der Waals surface area (Å²) in [7, 11) is 1.27. The first-order chi connectivity index (χ1) is 10.1. The molecule has 1 aliphatic carbocycles. The Balaban J connectivity index is 1.98. The largest absolute Gasteiger partial charge is 0.312 e. The first kappa shape index (κ1) is 16.7. The van der Waals surface area contributed by atoms with Crippen LogP contribution in [0.3, 0.4) is 0 Å². The highest BCUT2D eigenvalue weighted by molar-refractivity contribution is 7.85. The lowest BCUT2D eigenvalue weighted by molar-refractivity contribution is 0.625. The van der Waals surface area contributed by atoms with Crippen LogP contribution in [0.2, 0.25) is 0 Å². The topological polar surface area (TPSA) is 29.1 Å². The summed E-state index contributed by atoms with van der Waals surface area (Å²) in [6.07, 6.45) is 5.93. The summed E-state index contributed by atoms with van der Waals surface area (Å²) in [5.41, 5.74) is 2.65. The van der Waals surface area contributed by atoms with E-state index in [2.05, 4.69) is 43.4 Å². The fourth-order valence-corrected chi connectivity index (χ4v) is 4.97. The van der Waals surface area contributed by atoms with E-state index < -0.39 is 10.8 Å². The van der Waals surface area contributed by atoms with Gasteiger partial charge in [-0.3, -0.25) is 4.21 Å². The molecule has 1 N–H and O–H groups in total. The van der Waals surface area contributed by atoms with Crippen molar-refractivity contribution in [2.45, 2.75) is 57.2 Å². The van der Waals surface area contributed by atoms with Crippen LogP contribution in [0.25, 0.3) is 0 Å². The van der Waals surface area contributed by atoms with Gasteiger partial charge in [-0.2, -0.15) is 0 Å². The van der Waals surface area contributed by atoms with E-state index in [1.165, 1.54) is 24.0 Å². The molecular weight excluding hydrogens is 278 g/mol. The van der Waals surface area contributed by atoms with Crippen LogP contribution >= 0.6 is 0 Å². The van der Waals surface area contributed by atoms with Gasteiger partial charge in [0, 0.05) is 27.8 Å². The first-order valence-electron chi connectivity index (χ1n) is 8.23. The van der Waals surface area contributed by atoms with Crippen molar-refractivity contribution in [3.05, 3.63) is 35.4 Å². The zero-order valence-corrected chi connectivity index (χ0v) is 14.4. The molecule has 118 valence electrons. The lowest BCUT2D eigenvalue weighted by atomic mass is 10.00. The third kappa shape index (κ3) is 4.93. The molecule has 0 amide bonds. The molecule has 2 atom stereocenters. The highest BCUT2D eigenvalue weighted by Gasteiger charge is 2.24. The summed E-state index contributed by atoms with van der Waals surface area (Å²) in [5.74, 6) is 1.43. The van der Waals surface area contributed by atoms with Crippen molar-refractivity contribution >= 4 is 10.8 Å². The Morgan fingerprint density at radius 2 is 1.81 bits per heavy atom. The second-order valence-corrected chi connectivity index (χ2v) is 8.40. The van der Waals surface area contributed by atoms with Gasteiger partial charge >= 0.3 is 0 Å². The van der Waals surface area contributed by atoms with Gasteiger partial charge in [-0.1, -0.05) is 51.0 Å². The van der Waals surface area contributed by atoms with Crippen LogP contribution in [0, 0.1) is 5.92 Å². The molecule has 0 aliphatic heterocycles. The Kier molecular flexibility index (Phi) is 6.43. The quantitative estimate of drug-likeness (QED) is 0.829. The van der Waals surface area contributed by atoms with Crippen LogP contribution in [0.5, 0.6) is 0 Å². The number of benzene rings is 1. The van der Waals surface area contributed by atoms with Gasteiger partial charge in [-0.05, 0) is 43.4 Å². The number of hydrogen-bond donors (Lipinski definition) is 1. The molecule has 1 saturated carbocycles. The van der Waals surface area contributed by atoms with Crippen molar-refractivity contribution in [1.82, 2.24) is 5.32 Å². The Morgan fingerprint density at radius 3 is 2.33 bits per heavy atom. The van der Waals surface area contributed by atoms with Gasteiger partial charge in [0.25, 0.3) is 0 Å². The number of hydrogen-bond acceptors (Lipinski definition) is 2. The summed E-state index contributed by atoms with van der Waals surface area (Å²) in [4.78, 5) is 0.